The first-order chi connectivity index (χ1) is 4.61. The molecular weight excluding hydrogens is 179 g/mol. The zero-order chi connectivity index (χ0) is 7.72. The molecule has 0 aliphatic rings. The molecule has 5 heteroatoms. The molecule has 0 unspecified atom stereocenters. The lowest BCUT2D eigenvalue weighted by molar-refractivity contribution is 0.448. The molecule has 1 aromatic carbocycles. The lowest BCUT2D eigenvalue weighted by atomic mass is 10.3. The number of anilines is 1. The molecule has 1 rings (SSSR count). The second kappa shape index (κ2) is 3.48. The van der Waals surface area contributed by atoms with Crippen molar-refractivity contribution < 1.29 is 13.2 Å². The Bertz CT molecular complexity index is 241. The van der Waals surface area contributed by atoms with Crippen LogP contribution in [0.5, 0.6) is 0 Å². The van der Waals surface area contributed by atoms with Crippen molar-refractivity contribution in [2.24, 2.45) is 0 Å². The number of hydrogen-bond donors (Lipinski definition) is 1. The van der Waals surface area contributed by atoms with Gasteiger partial charge in [-0.15, -0.1) is 12.4 Å². The third-order valence-corrected chi connectivity index (χ3v) is 1.01. The standard InChI is InChI=1S/C6H4F3N.ClH/c7-4-1-3(10)2-5(8)6(4)9;/h1-2H,10H2;1H. The Hall–Kier alpha value is -0.900. The van der Waals surface area contributed by atoms with Gasteiger partial charge < -0.3 is 5.73 Å². The Morgan fingerprint density at radius 1 is 1.00 bits per heavy atom. The molecule has 0 fully saturated rings. The van der Waals surface area contributed by atoms with Crippen LogP contribution in [-0.2, 0) is 0 Å². The third kappa shape index (κ3) is 2.01. The molecule has 11 heavy (non-hydrogen) atoms. The van der Waals surface area contributed by atoms with Crippen LogP contribution in [0.2, 0.25) is 0 Å². The summed E-state index contributed by atoms with van der Waals surface area (Å²) in [6, 6.07) is 1.44. The van der Waals surface area contributed by atoms with Gasteiger partial charge in [0.15, 0.2) is 17.5 Å². The highest BCUT2D eigenvalue weighted by atomic mass is 35.5. The highest BCUT2D eigenvalue weighted by molar-refractivity contribution is 5.85. The van der Waals surface area contributed by atoms with Gasteiger partial charge in [-0.25, -0.2) is 13.2 Å². The molecule has 0 amide bonds. The molecule has 62 valence electrons. The number of nitrogen functional groups attached to an aromatic ring is 1. The van der Waals surface area contributed by atoms with Gasteiger partial charge in [0.25, 0.3) is 0 Å². The van der Waals surface area contributed by atoms with Gasteiger partial charge >= 0.3 is 0 Å². The minimum absolute atomic E-state index is 0. The summed E-state index contributed by atoms with van der Waals surface area (Å²) in [6.07, 6.45) is 0. The summed E-state index contributed by atoms with van der Waals surface area (Å²) in [5.74, 6) is -4.02. The number of rotatable bonds is 0. The maximum absolute atomic E-state index is 12.1. The molecule has 1 aromatic rings. The highest BCUT2D eigenvalue weighted by Gasteiger charge is 2.07. The van der Waals surface area contributed by atoms with Crippen LogP contribution < -0.4 is 5.73 Å². The summed E-state index contributed by atoms with van der Waals surface area (Å²) < 4.78 is 36.4. The molecule has 0 aliphatic carbocycles. The van der Waals surface area contributed by atoms with Crippen molar-refractivity contribution in [3.8, 4) is 0 Å². The molecule has 0 spiro atoms. The van der Waals surface area contributed by atoms with E-state index in [-0.39, 0.29) is 18.1 Å². The van der Waals surface area contributed by atoms with Gasteiger partial charge in [-0.1, -0.05) is 0 Å². The average molecular weight is 184 g/mol. The molecule has 1 nitrogen and oxygen atoms in total. The van der Waals surface area contributed by atoms with E-state index in [0.717, 1.165) is 12.1 Å². The van der Waals surface area contributed by atoms with Crippen LogP contribution >= 0.6 is 12.4 Å². The smallest absolute Gasteiger partial charge is 0.194 e. The second-order valence-corrected chi connectivity index (χ2v) is 1.80. The molecule has 0 saturated carbocycles. The molecule has 0 aromatic heterocycles. The van der Waals surface area contributed by atoms with Gasteiger partial charge in [-0.05, 0) is 0 Å². The van der Waals surface area contributed by atoms with Crippen LogP contribution in [-0.4, -0.2) is 0 Å². The minimum Gasteiger partial charge on any atom is -0.399 e. The highest BCUT2D eigenvalue weighted by Crippen LogP contribution is 2.13. The van der Waals surface area contributed by atoms with E-state index < -0.39 is 17.5 Å². The lowest BCUT2D eigenvalue weighted by Gasteiger charge is -1.95. The Balaban J connectivity index is 0.000001000. The third-order valence-electron chi connectivity index (χ3n) is 1.01. The predicted octanol–water partition coefficient (Wildman–Crippen LogP) is 2.11. The number of halogens is 4. The second-order valence-electron chi connectivity index (χ2n) is 1.80. The largest absolute Gasteiger partial charge is 0.399 e. The zero-order valence-electron chi connectivity index (χ0n) is 5.27. The fourth-order valence-corrected chi connectivity index (χ4v) is 0.575. The Morgan fingerprint density at radius 2 is 1.36 bits per heavy atom. The molecule has 0 radical (unpaired) electrons. The van der Waals surface area contributed by atoms with Crippen molar-refractivity contribution in [3.63, 3.8) is 0 Å². The van der Waals surface area contributed by atoms with Crippen LogP contribution in [0, 0.1) is 17.5 Å². The Kier molecular flexibility index (Phi) is 3.19. The monoisotopic (exact) mass is 183 g/mol. The van der Waals surface area contributed by atoms with Crippen LogP contribution in [0.15, 0.2) is 12.1 Å². The van der Waals surface area contributed by atoms with Gasteiger partial charge in [0, 0.05) is 17.8 Å². The molecule has 0 bridgehead atoms. The summed E-state index contributed by atoms with van der Waals surface area (Å²) in [6.45, 7) is 0. The molecule has 2 N–H and O–H groups in total. The summed E-state index contributed by atoms with van der Waals surface area (Å²) in [5, 5.41) is 0. The van der Waals surface area contributed by atoms with E-state index in [2.05, 4.69) is 0 Å². The number of hydrogen-bond acceptors (Lipinski definition) is 1. The molecule has 0 heterocycles. The maximum atomic E-state index is 12.1. The topological polar surface area (TPSA) is 26.0 Å². The van der Waals surface area contributed by atoms with E-state index in [4.69, 9.17) is 5.73 Å². The lowest BCUT2D eigenvalue weighted by Crippen LogP contribution is -1.93. The van der Waals surface area contributed by atoms with Gasteiger partial charge in [-0.2, -0.15) is 0 Å². The Morgan fingerprint density at radius 3 is 1.73 bits per heavy atom. The minimum atomic E-state index is -1.49. The summed E-state index contributed by atoms with van der Waals surface area (Å²) >= 11 is 0. The van der Waals surface area contributed by atoms with Gasteiger partial charge in [0.05, 0.1) is 0 Å². The van der Waals surface area contributed by atoms with Crippen molar-refractivity contribution in [1.82, 2.24) is 0 Å². The van der Waals surface area contributed by atoms with Gasteiger partial charge in [0.1, 0.15) is 0 Å². The first kappa shape index (κ1) is 10.1. The molecule has 0 saturated heterocycles. The maximum Gasteiger partial charge on any atom is 0.194 e. The molecule has 0 aliphatic heterocycles. The fourth-order valence-electron chi connectivity index (χ4n) is 0.575. The number of nitrogens with two attached hydrogens (primary N) is 1. The first-order valence-electron chi connectivity index (χ1n) is 2.51. The van der Waals surface area contributed by atoms with E-state index in [1.165, 1.54) is 0 Å². The fraction of sp³-hybridized carbons (Fsp3) is 0. The average Bonchev–Trinajstić information content (AvgIpc) is 1.82. The van der Waals surface area contributed by atoms with E-state index in [1.807, 2.05) is 0 Å². The Labute approximate surface area is 67.4 Å². The predicted molar refractivity (Wildman–Crippen MR) is 38.0 cm³/mol. The number of benzene rings is 1. The van der Waals surface area contributed by atoms with E-state index in [9.17, 15) is 13.2 Å². The van der Waals surface area contributed by atoms with Crippen molar-refractivity contribution in [2.75, 3.05) is 5.73 Å². The van der Waals surface area contributed by atoms with Crippen molar-refractivity contribution in [1.29, 1.82) is 0 Å². The SMILES string of the molecule is Cl.Nc1cc(F)c(F)c(F)c1. The summed E-state index contributed by atoms with van der Waals surface area (Å²) in [5.41, 5.74) is 4.85. The first-order valence-corrected chi connectivity index (χ1v) is 2.51. The van der Waals surface area contributed by atoms with Crippen LogP contribution in [0.4, 0.5) is 18.9 Å². The normalized spacial score (nSPS) is 9.00. The van der Waals surface area contributed by atoms with Crippen LogP contribution in [0.1, 0.15) is 0 Å². The van der Waals surface area contributed by atoms with Gasteiger partial charge in [-0.3, -0.25) is 0 Å². The molecular formula is C6H5ClF3N. The van der Waals surface area contributed by atoms with Crippen molar-refractivity contribution >= 4 is 18.1 Å². The molecule has 0 atom stereocenters. The van der Waals surface area contributed by atoms with E-state index in [1.54, 1.807) is 0 Å². The zero-order valence-corrected chi connectivity index (χ0v) is 6.09. The van der Waals surface area contributed by atoms with E-state index in [0.29, 0.717) is 0 Å². The van der Waals surface area contributed by atoms with Crippen molar-refractivity contribution in [2.45, 2.75) is 0 Å². The van der Waals surface area contributed by atoms with E-state index >= 15 is 0 Å². The van der Waals surface area contributed by atoms with Gasteiger partial charge in [0.2, 0.25) is 0 Å². The van der Waals surface area contributed by atoms with Crippen molar-refractivity contribution in [3.05, 3.63) is 29.6 Å². The quantitative estimate of drug-likeness (QED) is 0.484. The van der Waals surface area contributed by atoms with Crippen LogP contribution in [0.25, 0.3) is 0 Å². The summed E-state index contributed by atoms with van der Waals surface area (Å²) in [4.78, 5) is 0. The summed E-state index contributed by atoms with van der Waals surface area (Å²) in [7, 11) is 0. The van der Waals surface area contributed by atoms with Crippen LogP contribution in [0.3, 0.4) is 0 Å².